The van der Waals surface area contributed by atoms with E-state index in [-0.39, 0.29) is 0 Å². The van der Waals surface area contributed by atoms with Gasteiger partial charge in [-0.15, -0.1) is 0 Å². The Morgan fingerprint density at radius 1 is 1.19 bits per heavy atom. The molecule has 16 heavy (non-hydrogen) atoms. The Hall–Kier alpha value is -0.820. The molecule has 88 valence electrons. The van der Waals surface area contributed by atoms with Crippen molar-refractivity contribution in [1.29, 1.82) is 0 Å². The van der Waals surface area contributed by atoms with E-state index >= 15 is 0 Å². The van der Waals surface area contributed by atoms with Gasteiger partial charge in [0.15, 0.2) is 0 Å². The van der Waals surface area contributed by atoms with Crippen LogP contribution in [0, 0.1) is 5.92 Å². The zero-order valence-corrected chi connectivity index (χ0v) is 10.2. The van der Waals surface area contributed by atoms with E-state index in [1.807, 2.05) is 0 Å². The summed E-state index contributed by atoms with van der Waals surface area (Å²) in [5, 5.41) is 0. The lowest BCUT2D eigenvalue weighted by Gasteiger charge is -2.28. The van der Waals surface area contributed by atoms with Crippen LogP contribution in [0.2, 0.25) is 0 Å². The van der Waals surface area contributed by atoms with Crippen LogP contribution in [0.3, 0.4) is 0 Å². The van der Waals surface area contributed by atoms with Crippen molar-refractivity contribution in [2.24, 2.45) is 11.7 Å². The molecule has 1 aliphatic carbocycles. The number of hydrogen-bond acceptors (Lipinski definition) is 1. The lowest BCUT2D eigenvalue weighted by Crippen LogP contribution is -2.34. The van der Waals surface area contributed by atoms with Crippen molar-refractivity contribution in [3.63, 3.8) is 0 Å². The molecule has 1 fully saturated rings. The summed E-state index contributed by atoms with van der Waals surface area (Å²) < 4.78 is 0. The standard InChI is InChI=1S/C15H23N/c1-2-14(12-8-4-3-5-9-12)15(16)13-10-6-7-11-13/h3-5,8-9,13-15H,2,6-7,10-11,16H2,1H3. The topological polar surface area (TPSA) is 26.0 Å². The summed E-state index contributed by atoms with van der Waals surface area (Å²) in [5.41, 5.74) is 7.89. The highest BCUT2D eigenvalue weighted by Gasteiger charge is 2.28. The molecular formula is C15H23N. The summed E-state index contributed by atoms with van der Waals surface area (Å²) >= 11 is 0. The van der Waals surface area contributed by atoms with Crippen LogP contribution in [0.25, 0.3) is 0 Å². The third-order valence-corrected chi connectivity index (χ3v) is 4.08. The maximum Gasteiger partial charge on any atom is 0.0136 e. The minimum atomic E-state index is 0.356. The fourth-order valence-electron chi connectivity index (χ4n) is 3.10. The highest BCUT2D eigenvalue weighted by Crippen LogP contribution is 2.34. The van der Waals surface area contributed by atoms with Gasteiger partial charge in [0, 0.05) is 6.04 Å². The van der Waals surface area contributed by atoms with E-state index < -0.39 is 0 Å². The molecule has 0 aromatic heterocycles. The van der Waals surface area contributed by atoms with Crippen molar-refractivity contribution in [2.45, 2.75) is 51.0 Å². The Kier molecular flexibility index (Phi) is 4.00. The van der Waals surface area contributed by atoms with Gasteiger partial charge in [-0.3, -0.25) is 0 Å². The highest BCUT2D eigenvalue weighted by atomic mass is 14.7. The van der Waals surface area contributed by atoms with Crippen LogP contribution in [0.5, 0.6) is 0 Å². The van der Waals surface area contributed by atoms with E-state index in [2.05, 4.69) is 37.3 Å². The van der Waals surface area contributed by atoms with Gasteiger partial charge >= 0.3 is 0 Å². The molecule has 0 heterocycles. The van der Waals surface area contributed by atoms with E-state index in [0.29, 0.717) is 12.0 Å². The van der Waals surface area contributed by atoms with Gasteiger partial charge in [-0.1, -0.05) is 50.1 Å². The van der Waals surface area contributed by atoms with E-state index in [4.69, 9.17) is 5.73 Å². The predicted molar refractivity (Wildman–Crippen MR) is 69.4 cm³/mol. The van der Waals surface area contributed by atoms with Crippen molar-refractivity contribution in [3.8, 4) is 0 Å². The van der Waals surface area contributed by atoms with E-state index in [9.17, 15) is 0 Å². The summed E-state index contributed by atoms with van der Waals surface area (Å²) in [6, 6.07) is 11.1. The molecule has 0 radical (unpaired) electrons. The van der Waals surface area contributed by atoms with Crippen LogP contribution in [0.4, 0.5) is 0 Å². The monoisotopic (exact) mass is 217 g/mol. The smallest absolute Gasteiger partial charge is 0.0136 e. The molecule has 0 spiro atoms. The SMILES string of the molecule is CCC(c1ccccc1)C(N)C1CCCC1. The van der Waals surface area contributed by atoms with Gasteiger partial charge in [0.2, 0.25) is 0 Å². The van der Waals surface area contributed by atoms with Gasteiger partial charge in [-0.05, 0) is 36.7 Å². The Bertz CT molecular complexity index is 300. The Balaban J connectivity index is 2.09. The molecule has 1 aromatic carbocycles. The van der Waals surface area contributed by atoms with Gasteiger partial charge < -0.3 is 5.73 Å². The van der Waals surface area contributed by atoms with Gasteiger partial charge in [-0.25, -0.2) is 0 Å². The minimum absolute atomic E-state index is 0.356. The molecule has 1 nitrogen and oxygen atoms in total. The summed E-state index contributed by atoms with van der Waals surface area (Å²) in [5.74, 6) is 1.30. The maximum atomic E-state index is 6.47. The summed E-state index contributed by atoms with van der Waals surface area (Å²) in [6.45, 7) is 2.26. The quantitative estimate of drug-likeness (QED) is 0.817. The van der Waals surface area contributed by atoms with E-state index in [0.717, 1.165) is 12.3 Å². The molecule has 1 aliphatic rings. The molecule has 0 bridgehead atoms. The lowest BCUT2D eigenvalue weighted by molar-refractivity contribution is 0.366. The first-order valence-electron chi connectivity index (χ1n) is 6.63. The normalized spacial score (nSPS) is 20.9. The molecular weight excluding hydrogens is 194 g/mol. The Morgan fingerprint density at radius 3 is 2.38 bits per heavy atom. The molecule has 2 N–H and O–H groups in total. The third kappa shape index (κ3) is 2.46. The largest absolute Gasteiger partial charge is 0.327 e. The molecule has 0 aliphatic heterocycles. The van der Waals surface area contributed by atoms with Gasteiger partial charge in [-0.2, -0.15) is 0 Å². The second-order valence-corrected chi connectivity index (χ2v) is 5.05. The van der Waals surface area contributed by atoms with Crippen molar-refractivity contribution < 1.29 is 0 Å². The first kappa shape index (κ1) is 11.7. The molecule has 1 aromatic rings. The zero-order valence-electron chi connectivity index (χ0n) is 10.2. The van der Waals surface area contributed by atoms with Crippen LogP contribution < -0.4 is 5.73 Å². The first-order chi connectivity index (χ1) is 7.83. The van der Waals surface area contributed by atoms with Crippen molar-refractivity contribution in [3.05, 3.63) is 35.9 Å². The van der Waals surface area contributed by atoms with Gasteiger partial charge in [0.1, 0.15) is 0 Å². The van der Waals surface area contributed by atoms with Crippen molar-refractivity contribution in [1.82, 2.24) is 0 Å². The molecule has 2 atom stereocenters. The zero-order chi connectivity index (χ0) is 11.4. The summed E-state index contributed by atoms with van der Waals surface area (Å²) in [4.78, 5) is 0. The average Bonchev–Trinajstić information content (AvgIpc) is 2.85. The minimum Gasteiger partial charge on any atom is -0.327 e. The van der Waals surface area contributed by atoms with Crippen LogP contribution in [0.15, 0.2) is 30.3 Å². The van der Waals surface area contributed by atoms with Crippen LogP contribution >= 0.6 is 0 Å². The molecule has 2 rings (SSSR count). The average molecular weight is 217 g/mol. The second kappa shape index (κ2) is 5.49. The summed E-state index contributed by atoms with van der Waals surface area (Å²) in [7, 11) is 0. The van der Waals surface area contributed by atoms with Gasteiger partial charge in [0.05, 0.1) is 0 Å². The number of benzene rings is 1. The highest BCUT2D eigenvalue weighted by molar-refractivity contribution is 5.21. The van der Waals surface area contributed by atoms with Crippen LogP contribution in [-0.2, 0) is 0 Å². The molecule has 1 heteroatoms. The Labute approximate surface area is 99.0 Å². The predicted octanol–water partition coefficient (Wildman–Crippen LogP) is 3.70. The third-order valence-electron chi connectivity index (χ3n) is 4.08. The van der Waals surface area contributed by atoms with Crippen molar-refractivity contribution >= 4 is 0 Å². The summed E-state index contributed by atoms with van der Waals surface area (Å²) in [6.07, 6.45) is 6.59. The van der Waals surface area contributed by atoms with Crippen molar-refractivity contribution in [2.75, 3.05) is 0 Å². The molecule has 0 amide bonds. The van der Waals surface area contributed by atoms with E-state index in [1.54, 1.807) is 0 Å². The maximum absolute atomic E-state index is 6.47. The number of rotatable bonds is 4. The molecule has 2 unspecified atom stereocenters. The fourth-order valence-corrected chi connectivity index (χ4v) is 3.10. The van der Waals surface area contributed by atoms with Crippen LogP contribution in [-0.4, -0.2) is 6.04 Å². The second-order valence-electron chi connectivity index (χ2n) is 5.05. The molecule has 0 saturated heterocycles. The van der Waals surface area contributed by atoms with E-state index in [1.165, 1.54) is 31.2 Å². The van der Waals surface area contributed by atoms with Gasteiger partial charge in [0.25, 0.3) is 0 Å². The number of hydrogen-bond donors (Lipinski definition) is 1. The first-order valence-corrected chi connectivity index (χ1v) is 6.63. The Morgan fingerprint density at radius 2 is 1.81 bits per heavy atom. The molecule has 1 saturated carbocycles. The fraction of sp³-hybridized carbons (Fsp3) is 0.600. The number of nitrogens with two attached hydrogens (primary N) is 1. The van der Waals surface area contributed by atoms with Crippen LogP contribution in [0.1, 0.15) is 50.5 Å². The lowest BCUT2D eigenvalue weighted by atomic mass is 9.82.